The lowest BCUT2D eigenvalue weighted by molar-refractivity contribution is -0.188. The Morgan fingerprint density at radius 3 is 2.90 bits per heavy atom. The maximum absolute atomic E-state index is 9.32. The summed E-state index contributed by atoms with van der Waals surface area (Å²) < 4.78 is 11.9. The molecular weight excluding hydrogens is 315 g/mol. The molecule has 1 saturated heterocycles. The van der Waals surface area contributed by atoms with E-state index < -0.39 is 5.79 Å². The highest BCUT2D eigenvalue weighted by molar-refractivity contribution is 6.35. The number of ether oxygens (including phenoxy) is 2. The third-order valence-electron chi connectivity index (χ3n) is 3.51. The van der Waals surface area contributed by atoms with E-state index in [1.165, 1.54) is 0 Å². The molecule has 0 aromatic heterocycles. The molecule has 0 bridgehead atoms. The lowest BCUT2D eigenvalue weighted by Gasteiger charge is -2.33. The first kappa shape index (κ1) is 14.9. The van der Waals surface area contributed by atoms with Crippen LogP contribution in [-0.4, -0.2) is 42.5 Å². The summed E-state index contributed by atoms with van der Waals surface area (Å²) in [4.78, 5) is 2.02. The highest BCUT2D eigenvalue weighted by Gasteiger charge is 2.45. The Balaban J connectivity index is 1.93. The summed E-state index contributed by atoms with van der Waals surface area (Å²) in [5, 5.41) is 13.5. The van der Waals surface area contributed by atoms with Crippen LogP contribution in [0.5, 0.6) is 0 Å². The fraction of sp³-hybridized carbons (Fsp3) is 0.429. The predicted molar refractivity (Wildman–Crippen MR) is 79.9 cm³/mol. The monoisotopic (exact) mass is 330 g/mol. The van der Waals surface area contributed by atoms with Crippen molar-refractivity contribution in [2.45, 2.75) is 11.9 Å². The van der Waals surface area contributed by atoms with Gasteiger partial charge in [0.2, 0.25) is 5.79 Å². The second kappa shape index (κ2) is 6.02. The van der Waals surface area contributed by atoms with Gasteiger partial charge in [0.25, 0.3) is 0 Å². The molecule has 0 spiro atoms. The highest BCUT2D eigenvalue weighted by atomic mass is 35.5. The van der Waals surface area contributed by atoms with Crippen LogP contribution >= 0.6 is 23.2 Å². The summed E-state index contributed by atoms with van der Waals surface area (Å²) in [6, 6.07) is 5.22. The molecule has 0 radical (unpaired) electrons. The molecule has 2 heterocycles. The van der Waals surface area contributed by atoms with Crippen LogP contribution < -0.4 is 5.32 Å². The van der Waals surface area contributed by atoms with E-state index in [-0.39, 0.29) is 12.7 Å². The van der Waals surface area contributed by atoms with E-state index in [1.807, 2.05) is 17.3 Å². The zero-order chi connectivity index (χ0) is 14.9. The van der Waals surface area contributed by atoms with E-state index in [0.717, 1.165) is 0 Å². The molecule has 1 fully saturated rings. The van der Waals surface area contributed by atoms with Crippen LogP contribution in [0.2, 0.25) is 10.0 Å². The van der Waals surface area contributed by atoms with E-state index in [0.29, 0.717) is 35.4 Å². The predicted octanol–water partition coefficient (Wildman–Crippen LogP) is 1.89. The van der Waals surface area contributed by atoms with Crippen molar-refractivity contribution in [3.63, 3.8) is 0 Å². The molecule has 0 saturated carbocycles. The average molecular weight is 331 g/mol. The van der Waals surface area contributed by atoms with Gasteiger partial charge >= 0.3 is 0 Å². The number of hydrogen-bond donors (Lipinski definition) is 2. The van der Waals surface area contributed by atoms with Crippen LogP contribution in [0.4, 0.5) is 0 Å². The van der Waals surface area contributed by atoms with Gasteiger partial charge in [0.05, 0.1) is 31.4 Å². The molecule has 0 amide bonds. The number of aliphatic hydroxyl groups excluding tert-OH is 1. The van der Waals surface area contributed by atoms with Crippen molar-refractivity contribution in [2.75, 3.05) is 26.4 Å². The van der Waals surface area contributed by atoms with Gasteiger partial charge in [0.15, 0.2) is 0 Å². The molecule has 2 unspecified atom stereocenters. The van der Waals surface area contributed by atoms with Gasteiger partial charge in [0, 0.05) is 23.0 Å². The Morgan fingerprint density at radius 2 is 2.29 bits per heavy atom. The number of nitrogens with zero attached hydrogens (tertiary/aromatic N) is 1. The van der Waals surface area contributed by atoms with E-state index >= 15 is 0 Å². The summed E-state index contributed by atoms with van der Waals surface area (Å²) in [6.45, 7) is 1.36. The first-order valence-electron chi connectivity index (χ1n) is 6.65. The number of aliphatic hydroxyl groups is 1. The van der Waals surface area contributed by atoms with Crippen LogP contribution in [0, 0.1) is 0 Å². The smallest absolute Gasteiger partial charge is 0.215 e. The lowest BCUT2D eigenvalue weighted by Crippen LogP contribution is -2.41. The molecule has 5 nitrogen and oxygen atoms in total. The molecule has 21 heavy (non-hydrogen) atoms. The van der Waals surface area contributed by atoms with Crippen molar-refractivity contribution < 1.29 is 14.6 Å². The minimum atomic E-state index is -1.01. The molecule has 2 atom stereocenters. The Bertz CT molecular complexity index is 555. The number of benzene rings is 1. The third-order valence-corrected chi connectivity index (χ3v) is 4.06. The molecule has 3 rings (SSSR count). The van der Waals surface area contributed by atoms with Crippen molar-refractivity contribution in [1.82, 2.24) is 10.2 Å². The number of halogens is 2. The van der Waals surface area contributed by atoms with Crippen molar-refractivity contribution in [3.05, 3.63) is 46.2 Å². The Labute approximate surface area is 133 Å². The minimum Gasteiger partial charge on any atom is -0.394 e. The summed E-state index contributed by atoms with van der Waals surface area (Å²) in [5.41, 5.74) is 0.713. The van der Waals surface area contributed by atoms with Gasteiger partial charge in [-0.25, -0.2) is 0 Å². The number of hydrogen-bond acceptors (Lipinski definition) is 5. The lowest BCUT2D eigenvalue weighted by atomic mass is 10.1. The second-order valence-electron chi connectivity index (χ2n) is 5.04. The first-order valence-corrected chi connectivity index (χ1v) is 7.41. The zero-order valence-electron chi connectivity index (χ0n) is 11.3. The fourth-order valence-electron chi connectivity index (χ4n) is 2.52. The van der Waals surface area contributed by atoms with Crippen molar-refractivity contribution in [1.29, 1.82) is 0 Å². The summed E-state index contributed by atoms with van der Waals surface area (Å²) in [5.74, 6) is -1.01. The fourth-order valence-corrected chi connectivity index (χ4v) is 3.07. The maximum Gasteiger partial charge on any atom is 0.215 e. The van der Waals surface area contributed by atoms with Crippen molar-refractivity contribution in [2.24, 2.45) is 0 Å². The van der Waals surface area contributed by atoms with Gasteiger partial charge in [-0.2, -0.15) is 0 Å². The van der Waals surface area contributed by atoms with E-state index in [4.69, 9.17) is 32.7 Å². The maximum atomic E-state index is 9.32. The molecule has 2 N–H and O–H groups in total. The number of nitrogens with one attached hydrogen (secondary N) is 1. The SMILES string of the molecule is OCC1COC(CN2C=CNC2)(c2ccc(Cl)cc2Cl)O1. The third kappa shape index (κ3) is 2.98. The average Bonchev–Trinajstić information content (AvgIpc) is 3.09. The van der Waals surface area contributed by atoms with E-state index in [9.17, 15) is 5.11 Å². The second-order valence-corrected chi connectivity index (χ2v) is 5.88. The van der Waals surface area contributed by atoms with Crippen LogP contribution in [-0.2, 0) is 15.3 Å². The standard InChI is InChI=1S/C14H16Cl2N2O3/c15-10-1-2-12(13(16)5-10)14(8-18-4-3-17-9-18)20-7-11(6-19)21-14/h1-5,11,17,19H,6-9H2. The molecule has 1 aromatic rings. The molecule has 1 aromatic carbocycles. The Hall–Kier alpha value is -0.980. The summed E-state index contributed by atoms with van der Waals surface area (Å²) >= 11 is 12.3. The van der Waals surface area contributed by atoms with Crippen LogP contribution in [0.15, 0.2) is 30.6 Å². The molecule has 2 aliphatic heterocycles. The number of rotatable bonds is 4. The summed E-state index contributed by atoms with van der Waals surface area (Å²) in [6.07, 6.45) is 3.41. The quantitative estimate of drug-likeness (QED) is 0.882. The van der Waals surface area contributed by atoms with Crippen molar-refractivity contribution in [3.8, 4) is 0 Å². The highest BCUT2D eigenvalue weighted by Crippen LogP contribution is 2.39. The van der Waals surface area contributed by atoms with Crippen LogP contribution in [0.3, 0.4) is 0 Å². The van der Waals surface area contributed by atoms with Crippen molar-refractivity contribution >= 4 is 23.2 Å². The van der Waals surface area contributed by atoms with E-state index in [1.54, 1.807) is 18.2 Å². The van der Waals surface area contributed by atoms with Crippen LogP contribution in [0.25, 0.3) is 0 Å². The van der Waals surface area contributed by atoms with Gasteiger partial charge < -0.3 is 24.8 Å². The topological polar surface area (TPSA) is 54.0 Å². The Morgan fingerprint density at radius 1 is 1.43 bits per heavy atom. The Kier molecular flexibility index (Phi) is 4.28. The van der Waals surface area contributed by atoms with E-state index in [2.05, 4.69) is 5.32 Å². The van der Waals surface area contributed by atoms with Gasteiger partial charge in [-0.3, -0.25) is 0 Å². The molecular formula is C14H16Cl2N2O3. The molecule has 0 aliphatic carbocycles. The van der Waals surface area contributed by atoms with Gasteiger partial charge in [-0.1, -0.05) is 29.3 Å². The normalized spacial score (nSPS) is 28.1. The largest absolute Gasteiger partial charge is 0.394 e. The first-order chi connectivity index (χ1) is 10.1. The molecule has 114 valence electrons. The van der Waals surface area contributed by atoms with Gasteiger partial charge in [0.1, 0.15) is 6.10 Å². The van der Waals surface area contributed by atoms with Gasteiger partial charge in [-0.05, 0) is 12.1 Å². The zero-order valence-corrected chi connectivity index (χ0v) is 12.8. The molecule has 7 heteroatoms. The minimum absolute atomic E-state index is 0.0962. The molecule has 2 aliphatic rings. The van der Waals surface area contributed by atoms with Gasteiger partial charge in [-0.15, -0.1) is 0 Å². The van der Waals surface area contributed by atoms with Crippen LogP contribution in [0.1, 0.15) is 5.56 Å². The summed E-state index contributed by atoms with van der Waals surface area (Å²) in [7, 11) is 0.